The lowest BCUT2D eigenvalue weighted by atomic mass is 9.82. The highest BCUT2D eigenvalue weighted by Gasteiger charge is 2.95. The summed E-state index contributed by atoms with van der Waals surface area (Å²) in [4.78, 5) is 0. The molecule has 0 nitrogen and oxygen atoms in total. The molecule has 132 valence electrons. The molecule has 0 atom stereocenters. The fraction of sp³-hybridized carbons (Fsp3) is 1.00. The average molecular weight is 364 g/mol. The summed E-state index contributed by atoms with van der Waals surface area (Å²) in [6.45, 7) is 0. The number of rotatable bonds is 0. The minimum absolute atomic E-state index is 4.19. The molecule has 0 bridgehead atoms. The molecule has 14 heteroatoms. The molecule has 0 N–H and O–H groups in total. The molecule has 0 spiro atoms. The summed E-state index contributed by atoms with van der Waals surface area (Å²) < 4.78 is 178. The van der Waals surface area contributed by atoms with Crippen molar-refractivity contribution in [2.75, 3.05) is 0 Å². The third-order valence-corrected chi connectivity index (χ3v) is 2.94. The Bertz CT molecular complexity index is 419. The van der Waals surface area contributed by atoms with E-state index in [1.165, 1.54) is 0 Å². The predicted molar refractivity (Wildman–Crippen MR) is 39.2 cm³/mol. The van der Waals surface area contributed by atoms with Gasteiger partial charge < -0.3 is 0 Å². The zero-order valence-corrected chi connectivity index (χ0v) is 9.50. The first kappa shape index (κ1) is 19.1. The number of hydrogen-bond donors (Lipinski definition) is 0. The van der Waals surface area contributed by atoms with Crippen molar-refractivity contribution in [1.29, 1.82) is 0 Å². The quantitative estimate of drug-likeness (QED) is 0.540. The van der Waals surface area contributed by atoms with E-state index in [4.69, 9.17) is 0 Å². The van der Waals surface area contributed by atoms with Gasteiger partial charge in [0.1, 0.15) is 0 Å². The first-order valence-electron chi connectivity index (χ1n) is 4.85. The lowest BCUT2D eigenvalue weighted by Gasteiger charge is -2.46. The van der Waals surface area contributed by atoms with Crippen LogP contribution in [0.2, 0.25) is 0 Å². The SMILES string of the molecule is FC1(F)CC(F)(F)C(F)(F)C(F)(F)C(F)(F)C(F)(F)C1(F)F. The van der Waals surface area contributed by atoms with Crippen molar-refractivity contribution in [3.05, 3.63) is 0 Å². The largest absolute Gasteiger partial charge is 0.384 e. The van der Waals surface area contributed by atoms with Crippen LogP contribution >= 0.6 is 0 Å². The molecule has 22 heavy (non-hydrogen) atoms. The van der Waals surface area contributed by atoms with Gasteiger partial charge in [-0.1, -0.05) is 0 Å². The second-order valence-corrected chi connectivity index (χ2v) is 4.46. The summed E-state index contributed by atoms with van der Waals surface area (Å²) in [6, 6.07) is 0. The minimum Gasteiger partial charge on any atom is -0.199 e. The predicted octanol–water partition coefficient (Wildman–Crippen LogP) is 4.84. The van der Waals surface area contributed by atoms with Crippen LogP contribution in [0.25, 0.3) is 0 Å². The van der Waals surface area contributed by atoms with Crippen molar-refractivity contribution in [3.8, 4) is 0 Å². The van der Waals surface area contributed by atoms with Gasteiger partial charge in [-0.2, -0.15) is 61.5 Å². The Labute approximate surface area is 111 Å². The Balaban J connectivity index is 3.83. The summed E-state index contributed by atoms with van der Waals surface area (Å²) in [5.74, 6) is -52.0. The van der Waals surface area contributed by atoms with Crippen molar-refractivity contribution < 1.29 is 61.5 Å². The molecule has 1 rings (SSSR count). The Kier molecular flexibility index (Phi) is 3.56. The van der Waals surface area contributed by atoms with Crippen LogP contribution in [0.4, 0.5) is 61.5 Å². The molecule has 0 unspecified atom stereocenters. The van der Waals surface area contributed by atoms with E-state index in [-0.39, 0.29) is 0 Å². The Morgan fingerprint density at radius 1 is 0.318 bits per heavy atom. The molecular formula is C8H2F14. The Morgan fingerprint density at radius 3 is 0.727 bits per heavy atom. The highest BCUT2D eigenvalue weighted by Crippen LogP contribution is 2.66. The molecule has 1 fully saturated rings. The van der Waals surface area contributed by atoms with Gasteiger partial charge in [0.05, 0.1) is 6.42 Å². The molecule has 0 amide bonds. The van der Waals surface area contributed by atoms with E-state index in [2.05, 4.69) is 0 Å². The topological polar surface area (TPSA) is 0 Å². The summed E-state index contributed by atoms with van der Waals surface area (Å²) >= 11 is 0. The van der Waals surface area contributed by atoms with E-state index in [9.17, 15) is 61.5 Å². The van der Waals surface area contributed by atoms with Gasteiger partial charge in [0.2, 0.25) is 0 Å². The van der Waals surface area contributed by atoms with Crippen LogP contribution in [0, 0.1) is 0 Å². The summed E-state index contributed by atoms with van der Waals surface area (Å²) in [6.07, 6.45) is -4.19. The van der Waals surface area contributed by atoms with E-state index in [1.54, 1.807) is 0 Å². The zero-order valence-electron chi connectivity index (χ0n) is 9.50. The fourth-order valence-corrected chi connectivity index (χ4v) is 1.55. The maximum Gasteiger partial charge on any atom is 0.384 e. The van der Waals surface area contributed by atoms with Crippen LogP contribution in [0.1, 0.15) is 6.42 Å². The molecule has 1 saturated carbocycles. The van der Waals surface area contributed by atoms with Crippen LogP contribution in [-0.2, 0) is 0 Å². The molecule has 0 aromatic carbocycles. The van der Waals surface area contributed by atoms with E-state index in [1.807, 2.05) is 0 Å². The number of hydrogen-bond acceptors (Lipinski definition) is 0. The Morgan fingerprint density at radius 2 is 0.500 bits per heavy atom. The van der Waals surface area contributed by atoms with Gasteiger partial charge in [0, 0.05) is 0 Å². The lowest BCUT2D eigenvalue weighted by Crippen LogP contribution is -2.76. The van der Waals surface area contributed by atoms with Crippen molar-refractivity contribution in [1.82, 2.24) is 0 Å². The van der Waals surface area contributed by atoms with Gasteiger partial charge >= 0.3 is 41.5 Å². The first-order chi connectivity index (χ1) is 9.21. The second-order valence-electron chi connectivity index (χ2n) is 4.46. The van der Waals surface area contributed by atoms with Gasteiger partial charge in [-0.3, -0.25) is 0 Å². The monoisotopic (exact) mass is 364 g/mol. The van der Waals surface area contributed by atoms with Crippen molar-refractivity contribution in [2.45, 2.75) is 47.9 Å². The molecule has 0 aliphatic heterocycles. The highest BCUT2D eigenvalue weighted by molar-refractivity contribution is 5.18. The third kappa shape index (κ3) is 1.77. The van der Waals surface area contributed by atoms with Gasteiger partial charge in [-0.25, -0.2) is 0 Å². The molecule has 0 radical (unpaired) electrons. The molecular weight excluding hydrogens is 362 g/mol. The van der Waals surface area contributed by atoms with Crippen molar-refractivity contribution >= 4 is 0 Å². The van der Waals surface area contributed by atoms with Crippen LogP contribution in [-0.4, -0.2) is 41.5 Å². The van der Waals surface area contributed by atoms with Crippen LogP contribution in [0.15, 0.2) is 0 Å². The maximum absolute atomic E-state index is 12.8. The molecule has 0 aromatic rings. The smallest absolute Gasteiger partial charge is 0.199 e. The van der Waals surface area contributed by atoms with Gasteiger partial charge in [0.15, 0.2) is 0 Å². The molecule has 0 aromatic heterocycles. The second kappa shape index (κ2) is 4.10. The average Bonchev–Trinajstić information content (AvgIpc) is 2.24. The van der Waals surface area contributed by atoms with Crippen molar-refractivity contribution in [3.63, 3.8) is 0 Å². The standard InChI is InChI=1S/C8H2F14/c9-2(10)1-3(11,12)5(15,16)7(19,20)8(21,22)6(17,18)4(2,13)14/h1H2. The highest BCUT2D eigenvalue weighted by atomic mass is 19.4. The minimum atomic E-state index is -7.90. The van der Waals surface area contributed by atoms with Crippen molar-refractivity contribution in [2.24, 2.45) is 0 Å². The van der Waals surface area contributed by atoms with Gasteiger partial charge in [-0.15, -0.1) is 0 Å². The summed E-state index contributed by atoms with van der Waals surface area (Å²) in [5.41, 5.74) is 0. The van der Waals surface area contributed by atoms with Crippen LogP contribution < -0.4 is 0 Å². The Hall–Kier alpha value is -0.980. The molecule has 0 saturated heterocycles. The van der Waals surface area contributed by atoms with Gasteiger partial charge in [0.25, 0.3) is 0 Å². The molecule has 0 heterocycles. The summed E-state index contributed by atoms with van der Waals surface area (Å²) in [5, 5.41) is 0. The number of alkyl halides is 14. The molecule has 1 aliphatic rings. The maximum atomic E-state index is 12.8. The molecule has 1 aliphatic carbocycles. The lowest BCUT2D eigenvalue weighted by molar-refractivity contribution is -0.464. The van der Waals surface area contributed by atoms with E-state index >= 15 is 0 Å². The fourth-order valence-electron chi connectivity index (χ4n) is 1.55. The van der Waals surface area contributed by atoms with Gasteiger partial charge in [-0.05, 0) is 0 Å². The number of halogens is 14. The first-order valence-corrected chi connectivity index (χ1v) is 4.85. The zero-order chi connectivity index (χ0) is 18.2. The van der Waals surface area contributed by atoms with E-state index in [0.717, 1.165) is 0 Å². The van der Waals surface area contributed by atoms with E-state index < -0.39 is 47.9 Å². The summed E-state index contributed by atoms with van der Waals surface area (Å²) in [7, 11) is 0. The van der Waals surface area contributed by atoms with Crippen LogP contribution in [0.5, 0.6) is 0 Å². The van der Waals surface area contributed by atoms with Crippen LogP contribution in [0.3, 0.4) is 0 Å². The third-order valence-electron chi connectivity index (χ3n) is 2.94. The van der Waals surface area contributed by atoms with E-state index in [0.29, 0.717) is 0 Å². The normalized spacial score (nSPS) is 33.5.